The number of hydrogen-bond acceptors (Lipinski definition) is 4. The van der Waals surface area contributed by atoms with Crippen LogP contribution in [-0.4, -0.2) is 24.1 Å². The van der Waals surface area contributed by atoms with Crippen LogP contribution in [0.4, 0.5) is 18.9 Å². The molecule has 0 fully saturated rings. The van der Waals surface area contributed by atoms with Gasteiger partial charge in [0, 0.05) is 11.8 Å². The third kappa shape index (κ3) is 3.27. The molecule has 2 heterocycles. The number of ether oxygens (including phenoxy) is 2. The maximum Gasteiger partial charge on any atom is 0.433 e. The number of hydrogen-bond donors (Lipinski definition) is 1. The summed E-state index contributed by atoms with van der Waals surface area (Å²) >= 11 is 0. The number of amides is 1. The van der Waals surface area contributed by atoms with E-state index in [2.05, 4.69) is 10.3 Å². The number of nitrogens with zero attached hydrogens (tertiary/aromatic N) is 1. The Morgan fingerprint density at radius 2 is 1.83 bits per heavy atom. The molecule has 8 heteroatoms. The molecule has 0 spiro atoms. The van der Waals surface area contributed by atoms with E-state index in [9.17, 15) is 18.0 Å². The van der Waals surface area contributed by atoms with Gasteiger partial charge in [0.25, 0.3) is 5.91 Å². The van der Waals surface area contributed by atoms with Crippen LogP contribution in [0.1, 0.15) is 21.7 Å². The van der Waals surface area contributed by atoms with Crippen LogP contribution in [0.5, 0.6) is 11.5 Å². The molecule has 2 aromatic rings. The molecule has 0 radical (unpaired) electrons. The summed E-state index contributed by atoms with van der Waals surface area (Å²) in [6, 6.07) is 6.77. The summed E-state index contributed by atoms with van der Waals surface area (Å²) in [4.78, 5) is 15.7. The number of alkyl halides is 3. The number of carbonyl (C=O) groups excluding carboxylic acids is 1. The van der Waals surface area contributed by atoms with Gasteiger partial charge in [-0.1, -0.05) is 0 Å². The van der Waals surface area contributed by atoms with Gasteiger partial charge in [0.2, 0.25) is 0 Å². The molecule has 0 unspecified atom stereocenters. The predicted octanol–water partition coefficient (Wildman–Crippen LogP) is 3.43. The number of anilines is 1. The molecule has 1 aliphatic heterocycles. The Hall–Kier alpha value is -2.77. The first-order valence-corrected chi connectivity index (χ1v) is 7.10. The lowest BCUT2D eigenvalue weighted by Crippen LogP contribution is -2.18. The summed E-state index contributed by atoms with van der Waals surface area (Å²) in [5, 5.41) is 2.61. The number of fused-ring (bicyclic) bond motifs is 1. The zero-order valence-electron chi connectivity index (χ0n) is 12.6. The van der Waals surface area contributed by atoms with E-state index in [1.54, 1.807) is 18.2 Å². The quantitative estimate of drug-likeness (QED) is 0.911. The summed E-state index contributed by atoms with van der Waals surface area (Å²) in [5.41, 5.74) is -0.516. The molecule has 0 saturated carbocycles. The Labute approximate surface area is 135 Å². The fourth-order valence-corrected chi connectivity index (χ4v) is 2.28. The maximum atomic E-state index is 12.6. The average Bonchev–Trinajstić information content (AvgIpc) is 2.53. The van der Waals surface area contributed by atoms with E-state index in [4.69, 9.17) is 9.47 Å². The van der Waals surface area contributed by atoms with Crippen molar-refractivity contribution >= 4 is 11.6 Å². The highest BCUT2D eigenvalue weighted by Gasteiger charge is 2.33. The van der Waals surface area contributed by atoms with Crippen LogP contribution in [0.2, 0.25) is 0 Å². The second-order valence-electron chi connectivity index (χ2n) is 5.14. The van der Waals surface area contributed by atoms with Crippen LogP contribution in [0, 0.1) is 6.92 Å². The van der Waals surface area contributed by atoms with Crippen molar-refractivity contribution in [2.75, 3.05) is 18.5 Å². The van der Waals surface area contributed by atoms with E-state index in [1.807, 2.05) is 0 Å². The van der Waals surface area contributed by atoms with E-state index in [0.717, 1.165) is 12.1 Å². The summed E-state index contributed by atoms with van der Waals surface area (Å²) in [6.07, 6.45) is -4.55. The summed E-state index contributed by atoms with van der Waals surface area (Å²) < 4.78 is 48.6. The molecule has 0 atom stereocenters. The van der Waals surface area contributed by atoms with Gasteiger partial charge in [0.15, 0.2) is 11.5 Å². The molecule has 24 heavy (non-hydrogen) atoms. The number of pyridine rings is 1. The molecule has 1 amide bonds. The molecule has 5 nitrogen and oxygen atoms in total. The van der Waals surface area contributed by atoms with Crippen molar-refractivity contribution in [3.63, 3.8) is 0 Å². The highest BCUT2D eigenvalue weighted by atomic mass is 19.4. The molecule has 1 aromatic carbocycles. The predicted molar refractivity (Wildman–Crippen MR) is 79.4 cm³/mol. The van der Waals surface area contributed by atoms with Crippen molar-refractivity contribution in [2.45, 2.75) is 13.1 Å². The van der Waals surface area contributed by atoms with E-state index in [1.165, 1.54) is 6.92 Å². The Morgan fingerprint density at radius 3 is 2.50 bits per heavy atom. The van der Waals surface area contributed by atoms with Crippen molar-refractivity contribution < 1.29 is 27.4 Å². The minimum Gasteiger partial charge on any atom is -0.486 e. The second kappa shape index (κ2) is 6.03. The minimum atomic E-state index is -4.55. The highest BCUT2D eigenvalue weighted by Crippen LogP contribution is 2.33. The first-order valence-electron chi connectivity index (χ1n) is 7.10. The Morgan fingerprint density at radius 1 is 1.12 bits per heavy atom. The molecule has 1 N–H and O–H groups in total. The van der Waals surface area contributed by atoms with E-state index in [-0.39, 0.29) is 11.3 Å². The SMILES string of the molecule is Cc1nc(C(F)(F)F)ccc1C(=O)Nc1ccc2c(c1)OCCO2. The number of aryl methyl sites for hydroxylation is 1. The van der Waals surface area contributed by atoms with Gasteiger partial charge in [-0.15, -0.1) is 0 Å². The van der Waals surface area contributed by atoms with E-state index < -0.39 is 17.8 Å². The summed E-state index contributed by atoms with van der Waals surface area (Å²) in [5.74, 6) is 0.526. The Kier molecular flexibility index (Phi) is 4.04. The lowest BCUT2D eigenvalue weighted by molar-refractivity contribution is -0.141. The molecule has 1 aromatic heterocycles. The first kappa shape index (κ1) is 16.1. The largest absolute Gasteiger partial charge is 0.486 e. The number of carbonyl (C=O) groups is 1. The van der Waals surface area contributed by atoms with Crippen LogP contribution < -0.4 is 14.8 Å². The lowest BCUT2D eigenvalue weighted by Gasteiger charge is -2.19. The van der Waals surface area contributed by atoms with Crippen LogP contribution >= 0.6 is 0 Å². The van der Waals surface area contributed by atoms with Gasteiger partial charge in [-0.3, -0.25) is 4.79 Å². The van der Waals surface area contributed by atoms with Gasteiger partial charge in [-0.25, -0.2) is 4.98 Å². The Balaban J connectivity index is 1.80. The number of rotatable bonds is 2. The minimum absolute atomic E-state index is 0.000122. The lowest BCUT2D eigenvalue weighted by atomic mass is 10.1. The van der Waals surface area contributed by atoms with Crippen molar-refractivity contribution in [1.29, 1.82) is 0 Å². The average molecular weight is 338 g/mol. The third-order valence-corrected chi connectivity index (χ3v) is 3.42. The van der Waals surface area contributed by atoms with Crippen molar-refractivity contribution in [2.24, 2.45) is 0 Å². The standard InChI is InChI=1S/C16H13F3N2O3/c1-9-11(3-5-14(20-9)16(17,18)19)15(22)21-10-2-4-12-13(8-10)24-7-6-23-12/h2-5,8H,6-7H2,1H3,(H,21,22). The van der Waals surface area contributed by atoms with Crippen molar-refractivity contribution in [1.82, 2.24) is 4.98 Å². The summed E-state index contributed by atoms with van der Waals surface area (Å²) in [6.45, 7) is 2.22. The van der Waals surface area contributed by atoms with Gasteiger partial charge >= 0.3 is 6.18 Å². The van der Waals surface area contributed by atoms with Gasteiger partial charge in [-0.05, 0) is 31.2 Å². The van der Waals surface area contributed by atoms with Gasteiger partial charge in [0.1, 0.15) is 18.9 Å². The van der Waals surface area contributed by atoms with Crippen LogP contribution in [0.15, 0.2) is 30.3 Å². The van der Waals surface area contributed by atoms with E-state index in [0.29, 0.717) is 30.4 Å². The zero-order chi connectivity index (χ0) is 17.3. The molecular weight excluding hydrogens is 325 g/mol. The highest BCUT2D eigenvalue weighted by molar-refractivity contribution is 6.05. The molecule has 0 saturated heterocycles. The Bertz CT molecular complexity index is 791. The van der Waals surface area contributed by atoms with Crippen LogP contribution in [0.3, 0.4) is 0 Å². The molecular formula is C16H13F3N2O3. The van der Waals surface area contributed by atoms with Crippen LogP contribution in [-0.2, 0) is 6.18 Å². The van der Waals surface area contributed by atoms with Crippen molar-refractivity contribution in [3.05, 3.63) is 47.3 Å². The van der Waals surface area contributed by atoms with Crippen molar-refractivity contribution in [3.8, 4) is 11.5 Å². The van der Waals surface area contributed by atoms with Gasteiger partial charge in [-0.2, -0.15) is 13.2 Å². The fourth-order valence-electron chi connectivity index (χ4n) is 2.28. The molecule has 0 bridgehead atoms. The topological polar surface area (TPSA) is 60.5 Å². The number of halogens is 3. The fraction of sp³-hybridized carbons (Fsp3) is 0.250. The monoisotopic (exact) mass is 338 g/mol. The first-order chi connectivity index (χ1) is 11.3. The summed E-state index contributed by atoms with van der Waals surface area (Å²) in [7, 11) is 0. The number of nitrogens with one attached hydrogen (secondary N) is 1. The number of aromatic nitrogens is 1. The van der Waals surface area contributed by atoms with E-state index >= 15 is 0 Å². The molecule has 3 rings (SSSR count). The third-order valence-electron chi connectivity index (χ3n) is 3.42. The van der Waals surface area contributed by atoms with Gasteiger partial charge in [0.05, 0.1) is 11.3 Å². The molecule has 126 valence electrons. The van der Waals surface area contributed by atoms with Gasteiger partial charge < -0.3 is 14.8 Å². The smallest absolute Gasteiger partial charge is 0.433 e. The molecule has 0 aliphatic carbocycles. The number of benzene rings is 1. The van der Waals surface area contributed by atoms with Crippen LogP contribution in [0.25, 0.3) is 0 Å². The molecule has 1 aliphatic rings. The normalized spacial score (nSPS) is 13.5. The zero-order valence-corrected chi connectivity index (χ0v) is 12.6. The maximum absolute atomic E-state index is 12.6. The second-order valence-corrected chi connectivity index (χ2v) is 5.14.